The maximum Gasteiger partial charge on any atom is 0.332 e. The maximum absolute atomic E-state index is 12.5. The van der Waals surface area contributed by atoms with Gasteiger partial charge in [0.1, 0.15) is 12.7 Å². The van der Waals surface area contributed by atoms with Gasteiger partial charge in [-0.15, -0.1) is 0 Å². The van der Waals surface area contributed by atoms with E-state index in [-0.39, 0.29) is 18.2 Å². The number of aromatic nitrogens is 4. The highest BCUT2D eigenvalue weighted by molar-refractivity contribution is 5.69. The van der Waals surface area contributed by atoms with Gasteiger partial charge in [0.15, 0.2) is 22.7 Å². The number of nitrogens with one attached hydrogen (secondary N) is 1. The van der Waals surface area contributed by atoms with E-state index in [0.29, 0.717) is 42.2 Å². The van der Waals surface area contributed by atoms with Crippen molar-refractivity contribution in [2.75, 3.05) is 20.3 Å². The Morgan fingerprint density at radius 1 is 1.16 bits per heavy atom. The summed E-state index contributed by atoms with van der Waals surface area (Å²) >= 11 is 0. The largest absolute Gasteiger partial charge is 0.493 e. The van der Waals surface area contributed by atoms with Crippen LogP contribution in [0.25, 0.3) is 11.2 Å². The molecule has 3 rings (SSSR count). The third-order valence-corrected chi connectivity index (χ3v) is 5.22. The molecule has 2 aromatic heterocycles. The first-order valence-electron chi connectivity index (χ1n) is 10.1. The smallest absolute Gasteiger partial charge is 0.332 e. The van der Waals surface area contributed by atoms with Crippen molar-refractivity contribution in [1.29, 1.82) is 0 Å². The number of aliphatic hydroxyl groups excluding tert-OH is 1. The summed E-state index contributed by atoms with van der Waals surface area (Å²) in [6.45, 7) is 3.04. The van der Waals surface area contributed by atoms with Crippen LogP contribution in [0.5, 0.6) is 11.5 Å². The molecule has 0 saturated carbocycles. The highest BCUT2D eigenvalue weighted by Gasteiger charge is 2.15. The van der Waals surface area contributed by atoms with Gasteiger partial charge in [-0.3, -0.25) is 13.9 Å². The molecule has 0 bridgehead atoms. The number of imidazole rings is 1. The van der Waals surface area contributed by atoms with E-state index in [0.717, 1.165) is 4.57 Å². The molecule has 0 amide bonds. The number of rotatable bonds is 10. The number of hydrogen-bond acceptors (Lipinski definition) is 7. The third kappa shape index (κ3) is 4.97. The van der Waals surface area contributed by atoms with Gasteiger partial charge in [-0.2, -0.15) is 0 Å². The van der Waals surface area contributed by atoms with E-state index < -0.39 is 11.8 Å². The zero-order valence-corrected chi connectivity index (χ0v) is 18.2. The normalized spacial score (nSPS) is 13.3. The van der Waals surface area contributed by atoms with Gasteiger partial charge >= 0.3 is 5.69 Å². The van der Waals surface area contributed by atoms with E-state index in [2.05, 4.69) is 10.3 Å². The third-order valence-electron chi connectivity index (χ3n) is 5.22. The van der Waals surface area contributed by atoms with E-state index in [1.807, 2.05) is 19.1 Å². The Balaban J connectivity index is 1.52. The average Bonchev–Trinajstić information content (AvgIpc) is 3.21. The van der Waals surface area contributed by atoms with Crippen LogP contribution in [0.2, 0.25) is 0 Å². The molecule has 0 aliphatic heterocycles. The lowest BCUT2D eigenvalue weighted by Crippen LogP contribution is -2.38. The van der Waals surface area contributed by atoms with E-state index in [4.69, 9.17) is 9.47 Å². The van der Waals surface area contributed by atoms with Gasteiger partial charge in [-0.25, -0.2) is 9.78 Å². The van der Waals surface area contributed by atoms with Gasteiger partial charge in [-0.05, 0) is 25.5 Å². The van der Waals surface area contributed by atoms with Crippen molar-refractivity contribution in [3.63, 3.8) is 0 Å². The Hall–Kier alpha value is -3.11. The van der Waals surface area contributed by atoms with Gasteiger partial charge < -0.3 is 24.5 Å². The molecule has 3 aromatic rings. The fourth-order valence-corrected chi connectivity index (χ4v) is 3.32. The standard InChI is InChI=1S/C21H29N5O5/c1-14(22-11-15(27)12-31-17-8-6-5-7-16(17)30-4)9-10-26-13-23-19-18(26)20(28)25(3)21(29)24(19)2/h5-8,13-15,22,27H,9-12H2,1-4H3. The van der Waals surface area contributed by atoms with Crippen LogP contribution in [0.15, 0.2) is 40.2 Å². The Kier molecular flexibility index (Phi) is 7.13. The molecule has 2 atom stereocenters. The number of aliphatic hydroxyl groups is 1. The molecule has 10 nitrogen and oxygen atoms in total. The van der Waals surface area contributed by atoms with Gasteiger partial charge in [-0.1, -0.05) is 12.1 Å². The number of ether oxygens (including phenoxy) is 2. The maximum atomic E-state index is 12.5. The fraction of sp³-hybridized carbons (Fsp3) is 0.476. The predicted molar refractivity (Wildman–Crippen MR) is 117 cm³/mol. The molecule has 0 radical (unpaired) electrons. The number of aryl methyl sites for hydroxylation is 2. The summed E-state index contributed by atoms with van der Waals surface area (Å²) in [7, 11) is 4.63. The van der Waals surface area contributed by atoms with Crippen LogP contribution >= 0.6 is 0 Å². The Bertz CT molecular complexity index is 1150. The number of para-hydroxylation sites is 2. The number of benzene rings is 1. The number of fused-ring (bicyclic) bond motifs is 1. The molecule has 0 saturated heterocycles. The molecule has 0 spiro atoms. The minimum Gasteiger partial charge on any atom is -0.493 e. The summed E-state index contributed by atoms with van der Waals surface area (Å²) in [4.78, 5) is 28.8. The van der Waals surface area contributed by atoms with Gasteiger partial charge in [0.2, 0.25) is 0 Å². The molecule has 0 aliphatic rings. The molecule has 2 heterocycles. The lowest BCUT2D eigenvalue weighted by atomic mass is 10.2. The van der Waals surface area contributed by atoms with Crippen molar-refractivity contribution in [2.45, 2.75) is 32.0 Å². The molecule has 31 heavy (non-hydrogen) atoms. The second-order valence-corrected chi connectivity index (χ2v) is 7.53. The van der Waals surface area contributed by atoms with Gasteiger partial charge in [0, 0.05) is 33.2 Å². The first-order chi connectivity index (χ1) is 14.8. The van der Waals surface area contributed by atoms with Crippen molar-refractivity contribution in [2.24, 2.45) is 14.1 Å². The van der Waals surface area contributed by atoms with Crippen molar-refractivity contribution >= 4 is 11.2 Å². The molecule has 2 N–H and O–H groups in total. The zero-order valence-electron chi connectivity index (χ0n) is 18.2. The molecule has 10 heteroatoms. The SMILES string of the molecule is COc1ccccc1OCC(O)CNC(C)CCn1cnc2c1c(=O)n(C)c(=O)n2C. The first kappa shape index (κ1) is 22.6. The molecule has 1 aromatic carbocycles. The minimum absolute atomic E-state index is 0.0785. The zero-order chi connectivity index (χ0) is 22.5. The van der Waals surface area contributed by atoms with Crippen LogP contribution in [0.3, 0.4) is 0 Å². The fourth-order valence-electron chi connectivity index (χ4n) is 3.32. The summed E-state index contributed by atoms with van der Waals surface area (Å²) in [5.41, 5.74) is 0.0157. The van der Waals surface area contributed by atoms with E-state index in [1.54, 1.807) is 37.2 Å². The van der Waals surface area contributed by atoms with Crippen molar-refractivity contribution in [1.82, 2.24) is 24.0 Å². The summed E-state index contributed by atoms with van der Waals surface area (Å²) < 4.78 is 15.1. The van der Waals surface area contributed by atoms with Crippen LogP contribution in [0.4, 0.5) is 0 Å². The second kappa shape index (κ2) is 9.80. The topological polar surface area (TPSA) is 113 Å². The highest BCUT2D eigenvalue weighted by Crippen LogP contribution is 2.25. The lowest BCUT2D eigenvalue weighted by Gasteiger charge is -2.18. The molecular weight excluding hydrogens is 402 g/mol. The molecule has 0 aliphatic carbocycles. The number of methoxy groups -OCH3 is 1. The molecule has 0 fully saturated rings. The summed E-state index contributed by atoms with van der Waals surface area (Å²) in [5.74, 6) is 1.20. The van der Waals surface area contributed by atoms with E-state index in [1.165, 1.54) is 11.6 Å². The van der Waals surface area contributed by atoms with Crippen molar-refractivity contribution in [3.8, 4) is 11.5 Å². The van der Waals surface area contributed by atoms with Crippen molar-refractivity contribution < 1.29 is 14.6 Å². The monoisotopic (exact) mass is 431 g/mol. The van der Waals surface area contributed by atoms with Crippen LogP contribution in [0, 0.1) is 0 Å². The van der Waals surface area contributed by atoms with Crippen LogP contribution in [-0.4, -0.2) is 56.2 Å². The highest BCUT2D eigenvalue weighted by atomic mass is 16.5. The van der Waals surface area contributed by atoms with Crippen LogP contribution in [-0.2, 0) is 20.6 Å². The first-order valence-corrected chi connectivity index (χ1v) is 10.1. The number of nitrogens with zero attached hydrogens (tertiary/aromatic N) is 4. The summed E-state index contributed by atoms with van der Waals surface area (Å²) in [6, 6.07) is 7.36. The Labute approximate surface area is 179 Å². The van der Waals surface area contributed by atoms with E-state index >= 15 is 0 Å². The summed E-state index contributed by atoms with van der Waals surface area (Å²) in [5, 5.41) is 13.5. The minimum atomic E-state index is -0.691. The second-order valence-electron chi connectivity index (χ2n) is 7.53. The molecule has 2 unspecified atom stereocenters. The predicted octanol–water partition coefficient (Wildman–Crippen LogP) is 0.250. The van der Waals surface area contributed by atoms with E-state index in [9.17, 15) is 14.7 Å². The van der Waals surface area contributed by atoms with Crippen LogP contribution < -0.4 is 26.0 Å². The Morgan fingerprint density at radius 2 is 1.87 bits per heavy atom. The van der Waals surface area contributed by atoms with Crippen molar-refractivity contribution in [3.05, 3.63) is 51.4 Å². The molecular formula is C21H29N5O5. The van der Waals surface area contributed by atoms with Gasteiger partial charge in [0.05, 0.1) is 13.4 Å². The van der Waals surface area contributed by atoms with Gasteiger partial charge in [0.25, 0.3) is 5.56 Å². The molecule has 168 valence electrons. The summed E-state index contributed by atoms with van der Waals surface area (Å²) in [6.07, 6.45) is 1.59. The Morgan fingerprint density at radius 3 is 2.58 bits per heavy atom. The quantitative estimate of drug-likeness (QED) is 0.473. The van der Waals surface area contributed by atoms with Crippen LogP contribution in [0.1, 0.15) is 13.3 Å². The number of hydrogen-bond donors (Lipinski definition) is 2. The lowest BCUT2D eigenvalue weighted by molar-refractivity contribution is 0.102. The average molecular weight is 431 g/mol.